The van der Waals surface area contributed by atoms with Crippen molar-refractivity contribution in [3.8, 4) is 0 Å². The first-order chi connectivity index (χ1) is 7.71. The molecule has 5 nitrogen and oxygen atoms in total. The Kier molecular flexibility index (Phi) is 3.86. The van der Waals surface area contributed by atoms with Crippen LogP contribution in [0.15, 0.2) is 0 Å². The van der Waals surface area contributed by atoms with Crippen LogP contribution in [0.25, 0.3) is 0 Å². The smallest absolute Gasteiger partial charge is 0.124 e. The van der Waals surface area contributed by atoms with Crippen LogP contribution in [0.1, 0.15) is 20.8 Å². The largest absolute Gasteiger partial charge is 0.446 e. The maximum Gasteiger partial charge on any atom is 0.124 e. The molecule has 1 aromatic carbocycles. The van der Waals surface area contributed by atoms with E-state index in [1.807, 2.05) is 0 Å². The van der Waals surface area contributed by atoms with Gasteiger partial charge in [0, 0.05) is 35.6 Å². The van der Waals surface area contributed by atoms with Crippen LogP contribution in [0.3, 0.4) is 0 Å². The van der Waals surface area contributed by atoms with Gasteiger partial charge in [-0.2, -0.15) is 0 Å². The van der Waals surface area contributed by atoms with E-state index < -0.39 is 0 Å². The summed E-state index contributed by atoms with van der Waals surface area (Å²) in [4.78, 5) is 0. The minimum absolute atomic E-state index is 0. The molecule has 1 fully saturated rings. The second-order valence-corrected chi connectivity index (χ2v) is 5.71. The molecule has 0 amide bonds. The summed E-state index contributed by atoms with van der Waals surface area (Å²) >= 11 is 0. The van der Waals surface area contributed by atoms with E-state index in [4.69, 9.17) is 22.9 Å². The van der Waals surface area contributed by atoms with Crippen LogP contribution in [0.4, 0.5) is 28.4 Å². The Balaban J connectivity index is 0.00000162. The third-order valence-electron chi connectivity index (χ3n) is 3.74. The maximum absolute atomic E-state index is 6.09. The molecule has 0 spiro atoms. The van der Waals surface area contributed by atoms with E-state index in [-0.39, 0.29) is 35.5 Å². The molecule has 0 saturated carbocycles. The van der Waals surface area contributed by atoms with Crippen LogP contribution in [-0.4, -0.2) is 18.6 Å². The predicted molar refractivity (Wildman–Crippen MR) is 74.2 cm³/mol. The van der Waals surface area contributed by atoms with Crippen molar-refractivity contribution in [1.29, 1.82) is 0 Å². The third-order valence-corrected chi connectivity index (χ3v) is 3.74. The molecule has 99 valence electrons. The van der Waals surface area contributed by atoms with Gasteiger partial charge in [0.1, 0.15) is 13.1 Å². The number of hydrogen-bond acceptors (Lipinski definition) is 4. The van der Waals surface area contributed by atoms with Gasteiger partial charge in [0.15, 0.2) is 0 Å². The van der Waals surface area contributed by atoms with E-state index in [1.54, 1.807) is 0 Å². The number of benzene rings is 1. The van der Waals surface area contributed by atoms with E-state index >= 15 is 0 Å². The van der Waals surface area contributed by atoms with Crippen molar-refractivity contribution in [3.05, 3.63) is 6.07 Å². The number of nitrogens with two attached hydrogens (primary N) is 4. The van der Waals surface area contributed by atoms with Crippen LogP contribution >= 0.6 is 0 Å². The molecule has 1 aliphatic rings. The van der Waals surface area contributed by atoms with Crippen molar-refractivity contribution in [2.24, 2.45) is 0 Å². The molecule has 1 aliphatic heterocycles. The maximum atomic E-state index is 6.09. The molecule has 0 aliphatic carbocycles. The molecule has 0 unspecified atom stereocenters. The van der Waals surface area contributed by atoms with Gasteiger partial charge in [-0.05, 0) is 32.1 Å². The van der Waals surface area contributed by atoms with Crippen molar-refractivity contribution in [3.63, 3.8) is 0 Å². The second kappa shape index (κ2) is 4.50. The Morgan fingerprint density at radius 3 is 1.83 bits per heavy atom. The minimum Gasteiger partial charge on any atom is -0.446 e. The normalized spacial score (nSPS) is 17.1. The fourth-order valence-electron chi connectivity index (χ4n) is 2.48. The number of quaternary nitrogens is 1. The molecular formula is C12H21N5Np. The van der Waals surface area contributed by atoms with Gasteiger partial charge in [0.25, 0.3) is 0 Å². The van der Waals surface area contributed by atoms with Gasteiger partial charge >= 0.3 is 0 Å². The quantitative estimate of drug-likeness (QED) is 0.211. The Labute approximate surface area is 131 Å². The molecule has 1 saturated heterocycles. The first-order valence-electron chi connectivity index (χ1n) is 5.73. The van der Waals surface area contributed by atoms with Gasteiger partial charge in [-0.25, -0.2) is 0 Å². The van der Waals surface area contributed by atoms with E-state index in [0.717, 1.165) is 23.3 Å². The summed E-state index contributed by atoms with van der Waals surface area (Å²) in [6.45, 7) is 8.56. The fourth-order valence-corrected chi connectivity index (χ4v) is 2.48. The van der Waals surface area contributed by atoms with Crippen molar-refractivity contribution in [2.75, 3.05) is 36.0 Å². The molecule has 0 bridgehead atoms. The van der Waals surface area contributed by atoms with Crippen LogP contribution in [0.2, 0.25) is 0 Å². The number of nitrogens with zero attached hydrogens (tertiary/aromatic N) is 1. The first kappa shape index (κ1) is 15.5. The average molecular weight is 472 g/mol. The molecule has 2 rings (SSSR count). The molecule has 0 aromatic heterocycles. The van der Waals surface area contributed by atoms with Crippen LogP contribution in [0.5, 0.6) is 0 Å². The molecule has 1 aromatic rings. The van der Waals surface area contributed by atoms with Gasteiger partial charge in [-0.3, -0.25) is 0 Å². The summed E-state index contributed by atoms with van der Waals surface area (Å²) in [6.07, 6.45) is 0. The van der Waals surface area contributed by atoms with Gasteiger partial charge in [0.2, 0.25) is 0 Å². The Morgan fingerprint density at radius 2 is 1.44 bits per heavy atom. The topological polar surface area (TPSA) is 104 Å². The number of anilines is 4. The summed E-state index contributed by atoms with van der Waals surface area (Å²) in [5, 5.41) is 0. The molecule has 6 heteroatoms. The zero-order valence-electron chi connectivity index (χ0n) is 11.1. The zero-order chi connectivity index (χ0) is 13.0. The molecule has 0 atom stereocenters. The summed E-state index contributed by atoms with van der Waals surface area (Å²) in [7, 11) is 0. The third kappa shape index (κ3) is 2.05. The molecule has 8 N–H and O–H groups in total. The monoisotopic (exact) mass is 471 g/mol. The molecule has 1 radical (unpaired) electrons. The van der Waals surface area contributed by atoms with E-state index in [2.05, 4.69) is 26.8 Å². The van der Waals surface area contributed by atoms with Crippen molar-refractivity contribution >= 4 is 28.4 Å². The number of rotatable bonds is 1. The summed E-state index contributed by atoms with van der Waals surface area (Å²) in [5.74, 6) is 0. The molecule has 1 heterocycles. The summed E-state index contributed by atoms with van der Waals surface area (Å²) in [5.41, 5.74) is 26.4. The predicted octanol–water partition coefficient (Wildman–Crippen LogP) is 0.935. The number of nitrogen functional groups attached to an aromatic ring is 4. The van der Waals surface area contributed by atoms with E-state index in [9.17, 15) is 0 Å². The van der Waals surface area contributed by atoms with Gasteiger partial charge in [-0.1, -0.05) is 5.69 Å². The Morgan fingerprint density at radius 1 is 0.944 bits per heavy atom. The summed E-state index contributed by atoms with van der Waals surface area (Å²) < 4.78 is 0.756. The van der Waals surface area contributed by atoms with Gasteiger partial charge in [-0.15, -0.1) is 6.07 Å². The van der Waals surface area contributed by atoms with Crippen LogP contribution in [0, 0.1) is 36.0 Å². The molecular weight excluding hydrogens is 451 g/mol. The summed E-state index contributed by atoms with van der Waals surface area (Å²) in [6, 6.07) is 2.90. The van der Waals surface area contributed by atoms with E-state index in [1.165, 1.54) is 0 Å². The van der Waals surface area contributed by atoms with Crippen LogP contribution < -0.4 is 27.4 Å². The average Bonchev–Trinajstić information content (AvgIpc) is 2.94. The Bertz CT molecular complexity index is 474. The second-order valence-electron chi connectivity index (χ2n) is 5.71. The van der Waals surface area contributed by atoms with Gasteiger partial charge < -0.3 is 27.4 Å². The fraction of sp³-hybridized carbons (Fsp3) is 0.500. The first-order valence-corrected chi connectivity index (χ1v) is 5.73. The van der Waals surface area contributed by atoms with Crippen LogP contribution in [-0.2, 0) is 0 Å². The van der Waals surface area contributed by atoms with Crippen molar-refractivity contribution in [1.82, 2.24) is 4.48 Å². The standard InChI is InChI=1S/C12H21N5.Np/c1-12(2,3)17(4-5-17)11-8(14)6-7(13)9(15)10(11)16;/h4-5,13-16H2,1-3H3;. The number of hydrogen-bond donors (Lipinski definition) is 4. The molecule has 18 heavy (non-hydrogen) atoms. The zero-order valence-corrected chi connectivity index (χ0v) is 14.8. The van der Waals surface area contributed by atoms with Gasteiger partial charge in [0.05, 0.1) is 11.2 Å². The van der Waals surface area contributed by atoms with Crippen molar-refractivity contribution < 1.29 is 29.9 Å². The Hall–Kier alpha value is -0.607. The SMILES string of the molecule is CC(C)(C)[N+]1(c2c(N)[c-]c(N)c(N)c2N)CC1.[Np]. The van der Waals surface area contributed by atoms with E-state index in [0.29, 0.717) is 22.7 Å². The minimum atomic E-state index is 0. The van der Waals surface area contributed by atoms with Crippen molar-refractivity contribution in [2.45, 2.75) is 26.3 Å².